The van der Waals surface area contributed by atoms with Gasteiger partial charge in [-0.1, -0.05) is 24.3 Å². The summed E-state index contributed by atoms with van der Waals surface area (Å²) in [6.07, 6.45) is -2.28. The molecule has 0 saturated heterocycles. The molecule has 1 aromatic heterocycles. The number of rotatable bonds is 4. The fraction of sp³-hybridized carbons (Fsp3) is 0.0714. The Morgan fingerprint density at radius 2 is 1.82 bits per heavy atom. The Labute approximate surface area is 125 Å². The molecule has 0 aliphatic rings. The number of nitrogens with zero attached hydrogens (tertiary/aromatic N) is 1. The van der Waals surface area contributed by atoms with E-state index in [0.717, 1.165) is 17.6 Å². The summed E-state index contributed by atoms with van der Waals surface area (Å²) < 4.78 is 60.8. The molecule has 1 unspecified atom stereocenters. The van der Waals surface area contributed by atoms with Crippen LogP contribution < -0.4 is 4.74 Å². The van der Waals surface area contributed by atoms with E-state index in [1.54, 1.807) is 12.1 Å². The Kier molecular flexibility index (Phi) is 4.51. The van der Waals surface area contributed by atoms with Crippen LogP contribution in [0.25, 0.3) is 6.08 Å². The number of hydrogen-bond acceptors (Lipinski definition) is 4. The second-order valence-corrected chi connectivity index (χ2v) is 6.05. The van der Waals surface area contributed by atoms with E-state index in [2.05, 4.69) is 9.72 Å². The van der Waals surface area contributed by atoms with Crippen LogP contribution >= 0.6 is 0 Å². The third-order valence-corrected chi connectivity index (χ3v) is 3.91. The zero-order chi connectivity index (χ0) is 16.2. The molecular formula is C14H11F3N2O2S. The van der Waals surface area contributed by atoms with Gasteiger partial charge < -0.3 is 4.74 Å². The van der Waals surface area contributed by atoms with E-state index < -0.39 is 21.8 Å². The summed E-state index contributed by atoms with van der Waals surface area (Å²) in [4.78, 5) is 3.82. The molecule has 0 aliphatic heterocycles. The molecule has 1 N–H and O–H groups in total. The average molecular weight is 328 g/mol. The molecule has 1 atom stereocenters. The summed E-state index contributed by atoms with van der Waals surface area (Å²) in [6.45, 7) is 0. The van der Waals surface area contributed by atoms with E-state index in [4.69, 9.17) is 4.78 Å². The predicted octanol–water partition coefficient (Wildman–Crippen LogP) is 4.06. The zero-order valence-corrected chi connectivity index (χ0v) is 11.9. The number of aromatic nitrogens is 1. The van der Waals surface area contributed by atoms with E-state index in [0.29, 0.717) is 0 Å². The van der Waals surface area contributed by atoms with Crippen LogP contribution in [0, 0.1) is 4.78 Å². The molecular weight excluding hydrogens is 317 g/mol. The van der Waals surface area contributed by atoms with Gasteiger partial charge in [-0.3, -0.25) is 0 Å². The maximum absolute atomic E-state index is 12.3. The minimum Gasteiger partial charge on any atom is -0.405 e. The number of benzene rings is 1. The summed E-state index contributed by atoms with van der Waals surface area (Å²) in [7, 11) is -3.35. The van der Waals surface area contributed by atoms with Crippen molar-refractivity contribution < 1.29 is 22.1 Å². The Morgan fingerprint density at radius 1 is 1.14 bits per heavy atom. The van der Waals surface area contributed by atoms with E-state index in [1.165, 1.54) is 30.5 Å². The molecule has 2 rings (SSSR count). The Bertz CT molecular complexity index is 772. The maximum atomic E-state index is 12.3. The van der Waals surface area contributed by atoms with E-state index in [-0.39, 0.29) is 10.6 Å². The van der Waals surface area contributed by atoms with Crippen molar-refractivity contribution in [1.82, 2.24) is 4.98 Å². The number of pyridine rings is 1. The number of alkyl halides is 3. The van der Waals surface area contributed by atoms with Crippen molar-refractivity contribution in [3.05, 3.63) is 59.6 Å². The standard InChI is InChI=1S/C14H11F3N2O2S/c15-14(16,17)21-12-6-2-1-5-11(12)8-10-22(18,20)13-7-3-4-9-19-13/h1-10,18H/b10-8+. The van der Waals surface area contributed by atoms with Gasteiger partial charge in [-0.2, -0.15) is 0 Å². The van der Waals surface area contributed by atoms with Crippen molar-refractivity contribution in [2.45, 2.75) is 11.4 Å². The minimum atomic E-state index is -4.83. The molecule has 0 fully saturated rings. The zero-order valence-electron chi connectivity index (χ0n) is 11.1. The molecule has 22 heavy (non-hydrogen) atoms. The second kappa shape index (κ2) is 6.18. The first kappa shape index (κ1) is 16.0. The van der Waals surface area contributed by atoms with Gasteiger partial charge in [-0.15, -0.1) is 13.2 Å². The van der Waals surface area contributed by atoms with Crippen LogP contribution in [0.5, 0.6) is 5.75 Å². The quantitative estimate of drug-likeness (QED) is 0.920. The van der Waals surface area contributed by atoms with E-state index in [1.807, 2.05) is 0 Å². The van der Waals surface area contributed by atoms with Crippen LogP contribution in [-0.4, -0.2) is 15.6 Å². The highest BCUT2D eigenvalue weighted by Crippen LogP contribution is 2.27. The monoisotopic (exact) mass is 328 g/mol. The van der Waals surface area contributed by atoms with Crippen LogP contribution in [0.3, 0.4) is 0 Å². The first-order valence-corrected chi connectivity index (χ1v) is 7.63. The van der Waals surface area contributed by atoms with Crippen molar-refractivity contribution in [3.63, 3.8) is 0 Å². The lowest BCUT2D eigenvalue weighted by atomic mass is 10.2. The Hall–Kier alpha value is -2.35. The lowest BCUT2D eigenvalue weighted by molar-refractivity contribution is -0.274. The average Bonchev–Trinajstić information content (AvgIpc) is 2.46. The number of ether oxygens (including phenoxy) is 1. The molecule has 0 radical (unpaired) electrons. The second-order valence-electron chi connectivity index (χ2n) is 4.16. The van der Waals surface area contributed by atoms with Gasteiger partial charge in [0.1, 0.15) is 20.5 Å². The summed E-state index contributed by atoms with van der Waals surface area (Å²) in [5, 5.41) is 1.04. The van der Waals surface area contributed by atoms with Gasteiger partial charge in [0.25, 0.3) is 0 Å². The van der Waals surface area contributed by atoms with Gasteiger partial charge in [0.2, 0.25) is 0 Å². The third kappa shape index (κ3) is 4.32. The fourth-order valence-corrected chi connectivity index (χ4v) is 2.58. The molecule has 0 amide bonds. The van der Waals surface area contributed by atoms with Gasteiger partial charge in [0.15, 0.2) is 0 Å². The van der Waals surface area contributed by atoms with Gasteiger partial charge in [0.05, 0.1) is 0 Å². The smallest absolute Gasteiger partial charge is 0.405 e. The number of halogens is 3. The molecule has 116 valence electrons. The number of hydrogen-bond donors (Lipinski definition) is 1. The summed E-state index contributed by atoms with van der Waals surface area (Å²) in [5.41, 5.74) is 0.0655. The topological polar surface area (TPSA) is 63.0 Å². The largest absolute Gasteiger partial charge is 0.573 e. The van der Waals surface area contributed by atoms with Crippen molar-refractivity contribution in [2.24, 2.45) is 0 Å². The molecule has 0 spiro atoms. The molecule has 1 aromatic carbocycles. The molecule has 0 aliphatic carbocycles. The number of nitrogens with one attached hydrogen (secondary N) is 1. The lowest BCUT2D eigenvalue weighted by Gasteiger charge is -2.11. The highest BCUT2D eigenvalue weighted by molar-refractivity contribution is 7.95. The summed E-state index contributed by atoms with van der Waals surface area (Å²) >= 11 is 0. The molecule has 2 aromatic rings. The molecule has 0 saturated carbocycles. The highest BCUT2D eigenvalue weighted by atomic mass is 32.2. The summed E-state index contributed by atoms with van der Waals surface area (Å²) in [6, 6.07) is 9.99. The van der Waals surface area contributed by atoms with Crippen LogP contribution in [0.4, 0.5) is 13.2 Å². The van der Waals surface area contributed by atoms with Crippen LogP contribution in [-0.2, 0) is 9.73 Å². The third-order valence-electron chi connectivity index (χ3n) is 2.53. The van der Waals surface area contributed by atoms with Crippen molar-refractivity contribution >= 4 is 15.8 Å². The number of para-hydroxylation sites is 1. The lowest BCUT2D eigenvalue weighted by Crippen LogP contribution is -2.17. The van der Waals surface area contributed by atoms with E-state index >= 15 is 0 Å². The molecule has 4 nitrogen and oxygen atoms in total. The predicted molar refractivity (Wildman–Crippen MR) is 75.5 cm³/mol. The summed E-state index contributed by atoms with van der Waals surface area (Å²) in [5.74, 6) is -0.428. The van der Waals surface area contributed by atoms with Crippen molar-refractivity contribution in [3.8, 4) is 5.75 Å². The Balaban J connectivity index is 2.31. The van der Waals surface area contributed by atoms with Crippen LogP contribution in [0.2, 0.25) is 0 Å². The SMILES string of the molecule is N=S(=O)(/C=C/c1ccccc1OC(F)(F)F)c1ccccn1. The minimum absolute atomic E-state index is 0.0282. The van der Waals surface area contributed by atoms with Gasteiger partial charge in [-0.05, 0) is 24.3 Å². The van der Waals surface area contributed by atoms with E-state index in [9.17, 15) is 17.4 Å². The molecule has 0 bridgehead atoms. The van der Waals surface area contributed by atoms with Gasteiger partial charge >= 0.3 is 6.36 Å². The maximum Gasteiger partial charge on any atom is 0.573 e. The van der Waals surface area contributed by atoms with Crippen molar-refractivity contribution in [1.29, 1.82) is 4.78 Å². The van der Waals surface area contributed by atoms with Crippen LogP contribution in [0.15, 0.2) is 59.1 Å². The highest BCUT2D eigenvalue weighted by Gasteiger charge is 2.31. The normalized spacial score (nSPS) is 14.7. The first-order valence-electron chi connectivity index (χ1n) is 6.01. The van der Waals surface area contributed by atoms with Crippen LogP contribution in [0.1, 0.15) is 5.56 Å². The first-order chi connectivity index (χ1) is 10.3. The molecule has 1 heterocycles. The molecule has 8 heteroatoms. The fourth-order valence-electron chi connectivity index (χ4n) is 1.60. The van der Waals surface area contributed by atoms with Gasteiger partial charge in [-0.25, -0.2) is 14.0 Å². The van der Waals surface area contributed by atoms with Gasteiger partial charge in [0, 0.05) is 17.2 Å². The Morgan fingerprint density at radius 3 is 2.45 bits per heavy atom. The van der Waals surface area contributed by atoms with Crippen molar-refractivity contribution in [2.75, 3.05) is 0 Å².